The number of carboxylic acid groups (broad SMARTS) is 1. The van der Waals surface area contributed by atoms with Gasteiger partial charge in [-0.25, -0.2) is 0 Å². The molecule has 0 radical (unpaired) electrons. The van der Waals surface area contributed by atoms with E-state index in [-0.39, 0.29) is 12.5 Å². The van der Waals surface area contributed by atoms with E-state index in [0.29, 0.717) is 37.0 Å². The number of rotatable bonds is 5. The first-order valence-corrected chi connectivity index (χ1v) is 8.02. The van der Waals surface area contributed by atoms with Crippen LogP contribution in [0.25, 0.3) is 0 Å². The van der Waals surface area contributed by atoms with E-state index in [1.807, 2.05) is 23.1 Å². The van der Waals surface area contributed by atoms with Crippen molar-refractivity contribution in [3.05, 3.63) is 29.3 Å². The van der Waals surface area contributed by atoms with Crippen LogP contribution in [0, 0.1) is 0 Å². The Morgan fingerprint density at radius 3 is 2.48 bits per heavy atom. The number of piperazine rings is 1. The van der Waals surface area contributed by atoms with Crippen molar-refractivity contribution in [3.8, 4) is 0 Å². The van der Waals surface area contributed by atoms with Crippen LogP contribution in [0.3, 0.4) is 0 Å². The molecule has 0 saturated carbocycles. The lowest BCUT2D eigenvalue weighted by Gasteiger charge is -2.33. The molecule has 0 unspecified atom stereocenters. The molecule has 1 saturated heterocycles. The maximum atomic E-state index is 12.1. The predicted octanol–water partition coefficient (Wildman–Crippen LogP) is 1.66. The number of hydrogen-bond acceptors (Lipinski definition) is 4. The first-order chi connectivity index (χ1) is 10.1. The fraction of sp³-hybridized carbons (Fsp3) is 0.429. The topological polar surface area (TPSA) is 60.9 Å². The Hall–Kier alpha value is -1.24. The average molecular weight is 329 g/mol. The van der Waals surface area contributed by atoms with Crippen LogP contribution >= 0.6 is 23.4 Å². The van der Waals surface area contributed by atoms with Crippen LogP contribution in [0.1, 0.15) is 0 Å². The van der Waals surface area contributed by atoms with Crippen LogP contribution < -0.4 is 0 Å². The molecule has 1 aromatic rings. The van der Waals surface area contributed by atoms with E-state index in [1.165, 1.54) is 11.8 Å². The standard InChI is InChI=1S/C14H17ClN2O3S/c15-11-3-1-2-4-12(11)21-10-13(18)17-7-5-16(6-8-17)9-14(19)20/h1-4H,5-10H2,(H,19,20). The van der Waals surface area contributed by atoms with Crippen LogP contribution in [0.15, 0.2) is 29.2 Å². The van der Waals surface area contributed by atoms with Crippen LogP contribution in [-0.4, -0.2) is 65.3 Å². The van der Waals surface area contributed by atoms with E-state index in [1.54, 1.807) is 11.0 Å². The molecule has 5 nitrogen and oxygen atoms in total. The maximum Gasteiger partial charge on any atom is 0.317 e. The summed E-state index contributed by atoms with van der Waals surface area (Å²) in [4.78, 5) is 27.3. The second-order valence-corrected chi connectivity index (χ2v) is 6.19. The Kier molecular flexibility index (Phi) is 5.90. The van der Waals surface area contributed by atoms with Crippen LogP contribution in [0.4, 0.5) is 0 Å². The van der Waals surface area contributed by atoms with Gasteiger partial charge in [0.1, 0.15) is 0 Å². The molecular formula is C14H17ClN2O3S. The van der Waals surface area contributed by atoms with E-state index in [4.69, 9.17) is 16.7 Å². The highest BCUT2D eigenvalue weighted by Crippen LogP contribution is 2.26. The number of aliphatic carboxylic acids is 1. The first kappa shape index (κ1) is 16.1. The van der Waals surface area contributed by atoms with Gasteiger partial charge in [-0.2, -0.15) is 0 Å². The van der Waals surface area contributed by atoms with Gasteiger partial charge in [0.25, 0.3) is 0 Å². The normalized spacial score (nSPS) is 16.0. The number of nitrogens with zero attached hydrogens (tertiary/aromatic N) is 2. The molecule has 0 bridgehead atoms. The highest BCUT2D eigenvalue weighted by atomic mass is 35.5. The van der Waals surface area contributed by atoms with Gasteiger partial charge in [-0.05, 0) is 12.1 Å². The van der Waals surface area contributed by atoms with Crippen LogP contribution in [0.5, 0.6) is 0 Å². The van der Waals surface area contributed by atoms with Crippen molar-refractivity contribution in [2.45, 2.75) is 4.90 Å². The van der Waals surface area contributed by atoms with Gasteiger partial charge in [0, 0.05) is 31.1 Å². The number of hydrogen-bond donors (Lipinski definition) is 1. The second-order valence-electron chi connectivity index (χ2n) is 4.77. The van der Waals surface area contributed by atoms with Crippen molar-refractivity contribution in [1.29, 1.82) is 0 Å². The van der Waals surface area contributed by atoms with Crippen LogP contribution in [0.2, 0.25) is 5.02 Å². The highest BCUT2D eigenvalue weighted by molar-refractivity contribution is 8.00. The van der Waals surface area contributed by atoms with E-state index in [0.717, 1.165) is 4.90 Å². The molecule has 1 amide bonds. The summed E-state index contributed by atoms with van der Waals surface area (Å²) in [6.07, 6.45) is 0. The van der Waals surface area contributed by atoms with Gasteiger partial charge >= 0.3 is 5.97 Å². The van der Waals surface area contributed by atoms with Gasteiger partial charge in [0.15, 0.2) is 0 Å². The Morgan fingerprint density at radius 1 is 1.19 bits per heavy atom. The summed E-state index contributed by atoms with van der Waals surface area (Å²) in [5.41, 5.74) is 0. The van der Waals surface area contributed by atoms with Gasteiger partial charge < -0.3 is 10.0 Å². The smallest absolute Gasteiger partial charge is 0.317 e. The summed E-state index contributed by atoms with van der Waals surface area (Å²) >= 11 is 7.48. The summed E-state index contributed by atoms with van der Waals surface area (Å²) in [5, 5.41) is 9.39. The van der Waals surface area contributed by atoms with E-state index in [2.05, 4.69) is 0 Å². The lowest BCUT2D eigenvalue weighted by molar-refractivity contribution is -0.139. The number of halogens is 1. The summed E-state index contributed by atoms with van der Waals surface area (Å²) in [6, 6.07) is 7.45. The Labute approximate surface area is 132 Å². The summed E-state index contributed by atoms with van der Waals surface area (Å²) < 4.78 is 0. The van der Waals surface area contributed by atoms with E-state index < -0.39 is 5.97 Å². The zero-order valence-electron chi connectivity index (χ0n) is 11.5. The molecule has 1 aromatic carbocycles. The molecule has 1 heterocycles. The number of amides is 1. The zero-order valence-corrected chi connectivity index (χ0v) is 13.1. The van der Waals surface area contributed by atoms with Crippen LogP contribution in [-0.2, 0) is 9.59 Å². The SMILES string of the molecule is O=C(O)CN1CCN(C(=O)CSc2ccccc2Cl)CC1. The molecular weight excluding hydrogens is 312 g/mol. The maximum absolute atomic E-state index is 12.1. The predicted molar refractivity (Wildman–Crippen MR) is 82.8 cm³/mol. The molecule has 21 heavy (non-hydrogen) atoms. The Bertz CT molecular complexity index is 519. The van der Waals surface area contributed by atoms with Crippen molar-refractivity contribution in [3.63, 3.8) is 0 Å². The number of carbonyl (C=O) groups is 2. The molecule has 0 atom stereocenters. The lowest BCUT2D eigenvalue weighted by atomic mass is 10.3. The molecule has 1 aliphatic heterocycles. The van der Waals surface area contributed by atoms with Gasteiger partial charge in [-0.3, -0.25) is 14.5 Å². The fourth-order valence-corrected chi connectivity index (χ4v) is 3.28. The number of benzene rings is 1. The molecule has 0 spiro atoms. The lowest BCUT2D eigenvalue weighted by Crippen LogP contribution is -2.50. The molecule has 1 N–H and O–H groups in total. The van der Waals surface area contributed by atoms with Crippen molar-refractivity contribution in [2.75, 3.05) is 38.5 Å². The largest absolute Gasteiger partial charge is 0.480 e. The Morgan fingerprint density at radius 2 is 1.86 bits per heavy atom. The highest BCUT2D eigenvalue weighted by Gasteiger charge is 2.22. The Balaban J connectivity index is 1.77. The third-order valence-electron chi connectivity index (χ3n) is 3.27. The minimum absolute atomic E-state index is 0.0381. The fourth-order valence-electron chi connectivity index (χ4n) is 2.14. The number of carboxylic acids is 1. The third kappa shape index (κ3) is 4.91. The van der Waals surface area contributed by atoms with Gasteiger partial charge in [-0.1, -0.05) is 23.7 Å². The monoisotopic (exact) mass is 328 g/mol. The number of thioether (sulfide) groups is 1. The quantitative estimate of drug-likeness (QED) is 0.833. The van der Waals surface area contributed by atoms with E-state index >= 15 is 0 Å². The summed E-state index contributed by atoms with van der Waals surface area (Å²) in [6.45, 7) is 2.41. The minimum Gasteiger partial charge on any atom is -0.480 e. The zero-order chi connectivity index (χ0) is 15.2. The van der Waals surface area contributed by atoms with Crippen molar-refractivity contribution < 1.29 is 14.7 Å². The molecule has 0 aliphatic carbocycles. The van der Waals surface area contributed by atoms with E-state index in [9.17, 15) is 9.59 Å². The summed E-state index contributed by atoms with van der Waals surface area (Å²) in [5.74, 6) is -0.415. The average Bonchev–Trinajstić information content (AvgIpc) is 2.46. The summed E-state index contributed by atoms with van der Waals surface area (Å²) in [7, 11) is 0. The molecule has 1 fully saturated rings. The third-order valence-corrected chi connectivity index (χ3v) is 4.77. The number of carbonyl (C=O) groups excluding carboxylic acids is 1. The molecule has 2 rings (SSSR count). The van der Waals surface area contributed by atoms with Gasteiger partial charge in [-0.15, -0.1) is 11.8 Å². The minimum atomic E-state index is -0.830. The second kappa shape index (κ2) is 7.68. The van der Waals surface area contributed by atoms with Gasteiger partial charge in [0.2, 0.25) is 5.91 Å². The van der Waals surface area contributed by atoms with Crippen molar-refractivity contribution >= 4 is 35.2 Å². The molecule has 7 heteroatoms. The molecule has 1 aliphatic rings. The van der Waals surface area contributed by atoms with Crippen molar-refractivity contribution in [1.82, 2.24) is 9.80 Å². The van der Waals surface area contributed by atoms with Gasteiger partial charge in [0.05, 0.1) is 17.3 Å². The first-order valence-electron chi connectivity index (χ1n) is 6.65. The molecule has 114 valence electrons. The molecule has 0 aromatic heterocycles. The van der Waals surface area contributed by atoms with Crippen molar-refractivity contribution in [2.24, 2.45) is 0 Å².